The van der Waals surface area contributed by atoms with Gasteiger partial charge in [0.1, 0.15) is 17.2 Å². The molecule has 35 heavy (non-hydrogen) atoms. The van der Waals surface area contributed by atoms with Crippen LogP contribution < -0.4 is 5.32 Å². The Balaban J connectivity index is 1.34. The number of hydrogen-bond donors (Lipinski definition) is 1. The average molecular weight is 488 g/mol. The van der Waals surface area contributed by atoms with Crippen LogP contribution in [0.4, 0.5) is 23.4 Å². The van der Waals surface area contributed by atoms with Crippen LogP contribution in [0.1, 0.15) is 40.0 Å². The van der Waals surface area contributed by atoms with E-state index >= 15 is 0 Å². The molecule has 2 aliphatic rings. The summed E-state index contributed by atoms with van der Waals surface area (Å²) in [5, 5.41) is 7.01. The van der Waals surface area contributed by atoms with Gasteiger partial charge < -0.3 is 10.2 Å². The molecule has 2 atom stereocenters. The Labute approximate surface area is 200 Å². The molecular formula is C25H25F4N5O. The third-order valence-corrected chi connectivity index (χ3v) is 6.65. The number of carbonyl (C=O) groups is 1. The second-order valence-electron chi connectivity index (χ2n) is 8.95. The third kappa shape index (κ3) is 4.88. The number of hydrogen-bond acceptors (Lipinski definition) is 4. The van der Waals surface area contributed by atoms with Gasteiger partial charge in [-0.05, 0) is 23.3 Å². The van der Waals surface area contributed by atoms with Gasteiger partial charge in [0, 0.05) is 39.1 Å². The summed E-state index contributed by atoms with van der Waals surface area (Å²) >= 11 is 0. The van der Waals surface area contributed by atoms with E-state index in [4.69, 9.17) is 0 Å². The van der Waals surface area contributed by atoms with E-state index in [-0.39, 0.29) is 23.7 Å². The second kappa shape index (κ2) is 9.33. The molecule has 1 saturated heterocycles. The molecule has 5 rings (SSSR count). The van der Waals surface area contributed by atoms with Gasteiger partial charge in [-0.15, -0.1) is 0 Å². The number of alkyl halides is 3. The van der Waals surface area contributed by atoms with Crippen molar-refractivity contribution in [3.05, 3.63) is 83.3 Å². The second-order valence-corrected chi connectivity index (χ2v) is 8.95. The summed E-state index contributed by atoms with van der Waals surface area (Å²) in [6.45, 7) is 3.06. The standard InChI is InChI=1S/C25H25F4N5O/c26-19-8-6-18(7-9-19)21-14-22(25(27,28)29)34-23(31-21)20(15-30-34)24(35)33-12-10-32(11-13-33)16-17-4-2-1-3-5-17/h1-9,15,21-22,31H,10-14,16H2/t21-,22+/m0/s1. The van der Waals surface area contributed by atoms with Gasteiger partial charge in [-0.2, -0.15) is 18.3 Å². The number of aromatic nitrogens is 2. The predicted octanol–water partition coefficient (Wildman–Crippen LogP) is 4.64. The zero-order valence-electron chi connectivity index (χ0n) is 18.9. The van der Waals surface area contributed by atoms with Crippen LogP contribution in [0.25, 0.3) is 0 Å². The minimum absolute atomic E-state index is 0.0459. The Morgan fingerprint density at radius 3 is 2.34 bits per heavy atom. The molecule has 0 saturated carbocycles. The molecule has 1 amide bonds. The first kappa shape index (κ1) is 23.3. The number of rotatable bonds is 4. The average Bonchev–Trinajstić information content (AvgIpc) is 3.28. The number of halogens is 4. The molecule has 1 fully saturated rings. The molecule has 1 aromatic heterocycles. The normalized spacial score (nSPS) is 20.9. The maximum absolute atomic E-state index is 13.9. The summed E-state index contributed by atoms with van der Waals surface area (Å²) in [6, 6.07) is 12.8. The lowest BCUT2D eigenvalue weighted by molar-refractivity contribution is -0.173. The van der Waals surface area contributed by atoms with Crippen molar-refractivity contribution in [2.75, 3.05) is 31.5 Å². The fourth-order valence-electron chi connectivity index (χ4n) is 4.75. The van der Waals surface area contributed by atoms with E-state index in [1.165, 1.54) is 36.0 Å². The van der Waals surface area contributed by atoms with Gasteiger partial charge in [0.25, 0.3) is 5.91 Å². The van der Waals surface area contributed by atoms with Crippen LogP contribution in [-0.2, 0) is 6.54 Å². The molecule has 3 heterocycles. The first-order valence-corrected chi connectivity index (χ1v) is 11.5. The van der Waals surface area contributed by atoms with Crippen molar-refractivity contribution in [3.8, 4) is 0 Å². The first-order valence-electron chi connectivity index (χ1n) is 11.5. The fraction of sp³-hybridized carbons (Fsp3) is 0.360. The quantitative estimate of drug-likeness (QED) is 0.545. The number of benzene rings is 2. The van der Waals surface area contributed by atoms with Crippen LogP contribution in [0, 0.1) is 5.82 Å². The third-order valence-electron chi connectivity index (χ3n) is 6.65. The highest BCUT2D eigenvalue weighted by Crippen LogP contribution is 2.44. The van der Waals surface area contributed by atoms with Gasteiger partial charge >= 0.3 is 6.18 Å². The number of carbonyl (C=O) groups excluding carboxylic acids is 1. The zero-order chi connectivity index (χ0) is 24.6. The summed E-state index contributed by atoms with van der Waals surface area (Å²) in [5.41, 5.74) is 1.82. The minimum Gasteiger partial charge on any atom is -0.363 e. The summed E-state index contributed by atoms with van der Waals surface area (Å²) in [7, 11) is 0. The van der Waals surface area contributed by atoms with Crippen molar-refractivity contribution in [2.24, 2.45) is 0 Å². The van der Waals surface area contributed by atoms with Gasteiger partial charge in [-0.25, -0.2) is 9.07 Å². The molecule has 0 unspecified atom stereocenters. The number of fused-ring (bicyclic) bond motifs is 1. The van der Waals surface area contributed by atoms with Crippen LogP contribution in [0.2, 0.25) is 0 Å². The van der Waals surface area contributed by atoms with E-state index in [0.29, 0.717) is 31.7 Å². The van der Waals surface area contributed by atoms with Gasteiger partial charge in [-0.1, -0.05) is 42.5 Å². The molecule has 0 bridgehead atoms. The van der Waals surface area contributed by atoms with Crippen LogP contribution in [0.3, 0.4) is 0 Å². The largest absolute Gasteiger partial charge is 0.410 e. The Bertz CT molecular complexity index is 1170. The van der Waals surface area contributed by atoms with Crippen molar-refractivity contribution in [3.63, 3.8) is 0 Å². The summed E-state index contributed by atoms with van der Waals surface area (Å²) < 4.78 is 56.0. The maximum Gasteiger partial charge on any atom is 0.410 e. The summed E-state index contributed by atoms with van der Waals surface area (Å²) in [4.78, 5) is 17.2. The molecule has 10 heteroatoms. The lowest BCUT2D eigenvalue weighted by atomic mass is 9.96. The van der Waals surface area contributed by atoms with E-state index < -0.39 is 24.1 Å². The highest BCUT2D eigenvalue weighted by molar-refractivity contribution is 5.99. The molecule has 0 radical (unpaired) electrons. The van der Waals surface area contributed by atoms with Gasteiger partial charge in [0.2, 0.25) is 0 Å². The van der Waals surface area contributed by atoms with Crippen molar-refractivity contribution in [1.82, 2.24) is 19.6 Å². The van der Waals surface area contributed by atoms with E-state index in [0.717, 1.165) is 11.2 Å². The number of anilines is 1. The Morgan fingerprint density at radius 2 is 1.69 bits per heavy atom. The SMILES string of the molecule is O=C(c1cnn2c1N[C@H](c1ccc(F)cc1)C[C@@H]2C(F)(F)F)N1CCN(Cc2ccccc2)CC1. The fourth-order valence-corrected chi connectivity index (χ4v) is 4.75. The summed E-state index contributed by atoms with van der Waals surface area (Å²) in [6.07, 6.45) is -3.65. The minimum atomic E-state index is -4.55. The molecule has 1 N–H and O–H groups in total. The van der Waals surface area contributed by atoms with Crippen molar-refractivity contribution < 1.29 is 22.4 Å². The molecule has 0 spiro atoms. The Morgan fingerprint density at radius 1 is 1.00 bits per heavy atom. The van der Waals surface area contributed by atoms with Crippen LogP contribution in [-0.4, -0.2) is 57.8 Å². The monoisotopic (exact) mass is 487 g/mol. The van der Waals surface area contributed by atoms with E-state index in [1.54, 1.807) is 4.90 Å². The van der Waals surface area contributed by atoms with E-state index in [2.05, 4.69) is 27.4 Å². The zero-order valence-corrected chi connectivity index (χ0v) is 18.9. The van der Waals surface area contributed by atoms with E-state index in [1.807, 2.05) is 18.2 Å². The Hall–Kier alpha value is -3.40. The number of nitrogens with one attached hydrogen (secondary N) is 1. The van der Waals surface area contributed by atoms with Crippen molar-refractivity contribution >= 4 is 11.7 Å². The number of amides is 1. The molecular weight excluding hydrogens is 462 g/mol. The van der Waals surface area contributed by atoms with Crippen LogP contribution >= 0.6 is 0 Å². The van der Waals surface area contributed by atoms with Gasteiger partial charge in [0.15, 0.2) is 6.04 Å². The molecule has 0 aliphatic carbocycles. The Kier molecular flexibility index (Phi) is 6.22. The predicted molar refractivity (Wildman–Crippen MR) is 122 cm³/mol. The van der Waals surface area contributed by atoms with Gasteiger partial charge in [-0.3, -0.25) is 9.69 Å². The number of nitrogens with zero attached hydrogens (tertiary/aromatic N) is 4. The lowest BCUT2D eigenvalue weighted by Crippen LogP contribution is -2.48. The molecule has 2 aliphatic heterocycles. The molecule has 6 nitrogen and oxygen atoms in total. The highest BCUT2D eigenvalue weighted by Gasteiger charge is 2.47. The maximum atomic E-state index is 13.9. The smallest absolute Gasteiger partial charge is 0.363 e. The van der Waals surface area contributed by atoms with Crippen LogP contribution in [0.5, 0.6) is 0 Å². The van der Waals surface area contributed by atoms with Crippen molar-refractivity contribution in [1.29, 1.82) is 0 Å². The highest BCUT2D eigenvalue weighted by atomic mass is 19.4. The topological polar surface area (TPSA) is 53.4 Å². The summed E-state index contributed by atoms with van der Waals surface area (Å²) in [5.74, 6) is -0.771. The number of piperazine rings is 1. The van der Waals surface area contributed by atoms with Gasteiger partial charge in [0.05, 0.1) is 12.2 Å². The van der Waals surface area contributed by atoms with Crippen LogP contribution in [0.15, 0.2) is 60.8 Å². The molecule has 2 aromatic carbocycles. The lowest BCUT2D eigenvalue weighted by Gasteiger charge is -2.36. The van der Waals surface area contributed by atoms with Crippen molar-refractivity contribution in [2.45, 2.75) is 31.2 Å². The molecule has 184 valence electrons. The first-order chi connectivity index (χ1) is 16.8. The molecule has 3 aromatic rings. The van der Waals surface area contributed by atoms with E-state index in [9.17, 15) is 22.4 Å².